The van der Waals surface area contributed by atoms with Crippen molar-refractivity contribution < 1.29 is 18.7 Å². The first-order chi connectivity index (χ1) is 14.0. The Morgan fingerprint density at radius 3 is 2.76 bits per heavy atom. The summed E-state index contributed by atoms with van der Waals surface area (Å²) in [5.74, 6) is 0.291. The maximum atomic E-state index is 12.4. The van der Waals surface area contributed by atoms with Crippen molar-refractivity contribution in [2.24, 2.45) is 0 Å². The van der Waals surface area contributed by atoms with Crippen LogP contribution >= 0.6 is 0 Å². The van der Waals surface area contributed by atoms with E-state index in [2.05, 4.69) is 15.5 Å². The number of amides is 2. The summed E-state index contributed by atoms with van der Waals surface area (Å²) in [5.41, 5.74) is 2.38. The molecule has 1 aromatic heterocycles. The summed E-state index contributed by atoms with van der Waals surface area (Å²) in [6.07, 6.45) is 0.277. The maximum Gasteiger partial charge on any atom is 0.322 e. The maximum absolute atomic E-state index is 12.4. The number of nitrogens with zero attached hydrogens (tertiary/aromatic N) is 3. The van der Waals surface area contributed by atoms with Gasteiger partial charge in [0.15, 0.2) is 0 Å². The van der Waals surface area contributed by atoms with Crippen molar-refractivity contribution in [3.8, 4) is 5.75 Å². The van der Waals surface area contributed by atoms with Gasteiger partial charge >= 0.3 is 6.01 Å². The van der Waals surface area contributed by atoms with Crippen molar-refractivity contribution in [1.82, 2.24) is 10.2 Å². The second-order valence-electron chi connectivity index (χ2n) is 6.87. The molecule has 8 heteroatoms. The monoisotopic (exact) mass is 392 g/mol. The van der Waals surface area contributed by atoms with E-state index in [0.29, 0.717) is 23.7 Å². The number of benzene rings is 2. The van der Waals surface area contributed by atoms with E-state index in [0.717, 1.165) is 11.3 Å². The van der Waals surface area contributed by atoms with Crippen LogP contribution in [0.2, 0.25) is 0 Å². The fraction of sp³-hybridized carbons (Fsp3) is 0.238. The fourth-order valence-electron chi connectivity index (χ4n) is 3.23. The fourth-order valence-corrected chi connectivity index (χ4v) is 3.23. The normalized spacial score (nSPS) is 16.1. The van der Waals surface area contributed by atoms with Crippen LogP contribution in [0.1, 0.15) is 34.2 Å². The third kappa shape index (κ3) is 3.96. The average molecular weight is 392 g/mol. The largest absolute Gasteiger partial charge is 0.497 e. The summed E-state index contributed by atoms with van der Waals surface area (Å²) in [7, 11) is 1.53. The number of carbonyl (C=O) groups excluding carboxylic acids is 2. The van der Waals surface area contributed by atoms with Gasteiger partial charge in [-0.1, -0.05) is 28.9 Å². The minimum Gasteiger partial charge on any atom is -0.497 e. The lowest BCUT2D eigenvalue weighted by Crippen LogP contribution is -2.24. The lowest BCUT2D eigenvalue weighted by Gasteiger charge is -2.16. The molecule has 1 saturated heterocycles. The summed E-state index contributed by atoms with van der Waals surface area (Å²) in [4.78, 5) is 26.5. The van der Waals surface area contributed by atoms with Crippen molar-refractivity contribution >= 4 is 23.5 Å². The van der Waals surface area contributed by atoms with Crippen LogP contribution in [-0.4, -0.2) is 35.7 Å². The van der Waals surface area contributed by atoms with Gasteiger partial charge in [0, 0.05) is 24.2 Å². The van der Waals surface area contributed by atoms with E-state index >= 15 is 0 Å². The Kier molecular flexibility index (Phi) is 4.99. The lowest BCUT2D eigenvalue weighted by atomic mass is 10.1. The van der Waals surface area contributed by atoms with E-state index in [4.69, 9.17) is 9.15 Å². The van der Waals surface area contributed by atoms with Crippen LogP contribution in [0, 0.1) is 6.92 Å². The van der Waals surface area contributed by atoms with Crippen LogP contribution < -0.4 is 15.0 Å². The second-order valence-corrected chi connectivity index (χ2v) is 6.87. The number of anilines is 2. The topological polar surface area (TPSA) is 97.6 Å². The SMILES string of the molecule is COc1cccc(C(=O)Nc2nnc([C@@H]3CC(=O)N(c4ccc(C)cc4)C3)o2)c1. The standard InChI is InChI=1S/C21H20N4O4/c1-13-6-8-16(9-7-13)25-12-15(11-18(25)26)20-23-24-21(29-20)22-19(27)14-4-3-5-17(10-14)28-2/h3-10,15H,11-12H2,1-2H3,(H,22,24,27)/t15-/m1/s1. The molecule has 0 spiro atoms. The van der Waals surface area contributed by atoms with Crippen LogP contribution in [-0.2, 0) is 4.79 Å². The molecule has 0 aliphatic carbocycles. The van der Waals surface area contributed by atoms with Gasteiger partial charge in [-0.2, -0.15) is 0 Å². The smallest absolute Gasteiger partial charge is 0.322 e. The van der Waals surface area contributed by atoms with E-state index in [-0.39, 0.29) is 30.2 Å². The summed E-state index contributed by atoms with van der Waals surface area (Å²) in [5, 5.41) is 10.5. The number of aryl methyl sites for hydroxylation is 1. The molecular weight excluding hydrogens is 372 g/mol. The van der Waals surface area contributed by atoms with Gasteiger partial charge in [0.1, 0.15) is 5.75 Å². The van der Waals surface area contributed by atoms with Crippen molar-refractivity contribution in [2.45, 2.75) is 19.3 Å². The van der Waals surface area contributed by atoms with Crippen LogP contribution in [0.3, 0.4) is 0 Å². The van der Waals surface area contributed by atoms with Gasteiger partial charge in [0.2, 0.25) is 11.8 Å². The van der Waals surface area contributed by atoms with Gasteiger partial charge in [-0.25, -0.2) is 0 Å². The number of nitrogens with one attached hydrogen (secondary N) is 1. The number of rotatable bonds is 5. The molecule has 1 aliphatic heterocycles. The molecule has 8 nitrogen and oxygen atoms in total. The molecule has 2 aromatic carbocycles. The highest BCUT2D eigenvalue weighted by Crippen LogP contribution is 2.31. The summed E-state index contributed by atoms with van der Waals surface area (Å²) >= 11 is 0. The van der Waals surface area contributed by atoms with E-state index in [1.807, 2.05) is 31.2 Å². The molecule has 0 bridgehead atoms. The summed E-state index contributed by atoms with van der Waals surface area (Å²) in [6, 6.07) is 14.5. The van der Waals surface area contributed by atoms with E-state index in [9.17, 15) is 9.59 Å². The molecule has 0 unspecified atom stereocenters. The molecule has 1 aliphatic rings. The summed E-state index contributed by atoms with van der Waals surface area (Å²) < 4.78 is 10.7. The van der Waals surface area contributed by atoms with Gasteiger partial charge in [0.25, 0.3) is 5.91 Å². The molecule has 3 aromatic rings. The number of hydrogen-bond acceptors (Lipinski definition) is 6. The molecule has 4 rings (SSSR count). The number of hydrogen-bond donors (Lipinski definition) is 1. The predicted octanol–water partition coefficient (Wildman–Crippen LogP) is 3.16. The predicted molar refractivity (Wildman–Crippen MR) is 106 cm³/mol. The zero-order chi connectivity index (χ0) is 20.4. The van der Waals surface area contributed by atoms with Gasteiger partial charge in [0.05, 0.1) is 13.0 Å². The Balaban J connectivity index is 1.44. The Morgan fingerprint density at radius 1 is 1.21 bits per heavy atom. The molecule has 0 radical (unpaired) electrons. The molecular formula is C21H20N4O4. The van der Waals surface area contributed by atoms with Crippen molar-refractivity contribution in [1.29, 1.82) is 0 Å². The molecule has 1 N–H and O–H groups in total. The minimum absolute atomic E-state index is 0.000908. The minimum atomic E-state index is -0.386. The van der Waals surface area contributed by atoms with Gasteiger partial charge in [-0.05, 0) is 37.3 Å². The molecule has 29 heavy (non-hydrogen) atoms. The third-order valence-electron chi connectivity index (χ3n) is 4.81. The molecule has 2 amide bonds. The van der Waals surface area contributed by atoms with Crippen molar-refractivity contribution in [3.63, 3.8) is 0 Å². The number of aromatic nitrogens is 2. The highest BCUT2D eigenvalue weighted by atomic mass is 16.5. The van der Waals surface area contributed by atoms with E-state index < -0.39 is 0 Å². The molecule has 148 valence electrons. The van der Waals surface area contributed by atoms with Crippen LogP contribution in [0.15, 0.2) is 52.9 Å². The Bertz CT molecular complexity index is 1040. The van der Waals surface area contributed by atoms with Gasteiger partial charge in [-0.15, -0.1) is 5.10 Å². The highest BCUT2D eigenvalue weighted by molar-refractivity contribution is 6.03. The first-order valence-electron chi connectivity index (χ1n) is 9.19. The number of methoxy groups -OCH3 is 1. The Labute approximate surface area is 167 Å². The molecule has 2 heterocycles. The Hall–Kier alpha value is -3.68. The summed E-state index contributed by atoms with van der Waals surface area (Å²) in [6.45, 7) is 2.45. The zero-order valence-electron chi connectivity index (χ0n) is 16.1. The number of ether oxygens (including phenoxy) is 1. The molecule has 0 saturated carbocycles. The van der Waals surface area contributed by atoms with Gasteiger partial charge in [-0.3, -0.25) is 14.9 Å². The number of carbonyl (C=O) groups is 2. The quantitative estimate of drug-likeness (QED) is 0.716. The molecule has 1 fully saturated rings. The average Bonchev–Trinajstić information content (AvgIpc) is 3.35. The lowest BCUT2D eigenvalue weighted by molar-refractivity contribution is -0.117. The van der Waals surface area contributed by atoms with Gasteiger partial charge < -0.3 is 14.1 Å². The first kappa shape index (κ1) is 18.7. The zero-order valence-corrected chi connectivity index (χ0v) is 16.1. The highest BCUT2D eigenvalue weighted by Gasteiger charge is 2.35. The Morgan fingerprint density at radius 2 is 2.00 bits per heavy atom. The molecule has 1 atom stereocenters. The van der Waals surface area contributed by atoms with E-state index in [1.54, 1.807) is 29.2 Å². The van der Waals surface area contributed by atoms with Crippen LogP contribution in [0.4, 0.5) is 11.7 Å². The van der Waals surface area contributed by atoms with Crippen molar-refractivity contribution in [3.05, 3.63) is 65.5 Å². The third-order valence-corrected chi connectivity index (χ3v) is 4.81. The second kappa shape index (κ2) is 7.75. The first-order valence-corrected chi connectivity index (χ1v) is 9.19. The van der Waals surface area contributed by atoms with Crippen LogP contribution in [0.25, 0.3) is 0 Å². The van der Waals surface area contributed by atoms with Crippen LogP contribution in [0.5, 0.6) is 5.75 Å². The van der Waals surface area contributed by atoms with Crippen molar-refractivity contribution in [2.75, 3.05) is 23.9 Å². The van der Waals surface area contributed by atoms with E-state index in [1.165, 1.54) is 7.11 Å².